The molecule has 0 spiro atoms. The Bertz CT molecular complexity index is 644. The van der Waals surface area contributed by atoms with E-state index in [1.807, 2.05) is 20.8 Å². The molecule has 7 heteroatoms. The van der Waals surface area contributed by atoms with Crippen LogP contribution in [0.25, 0.3) is 0 Å². The Hall–Kier alpha value is -1.63. The highest BCUT2D eigenvalue weighted by Gasteiger charge is 2.64. The monoisotopic (exact) mass is 528 g/mol. The largest absolute Gasteiger partial charge is 0.481 e. The van der Waals surface area contributed by atoms with Gasteiger partial charge in [0.05, 0.1) is 13.0 Å². The van der Waals surface area contributed by atoms with Gasteiger partial charge < -0.3 is 20.1 Å². The van der Waals surface area contributed by atoms with Crippen LogP contribution >= 0.6 is 0 Å². The molecule has 0 rings (SSSR count). The second-order valence-electron chi connectivity index (χ2n) is 11.1. The molecule has 0 fully saturated rings. The van der Waals surface area contributed by atoms with Crippen LogP contribution in [0.15, 0.2) is 0 Å². The van der Waals surface area contributed by atoms with Gasteiger partial charge in [0.25, 0.3) is 0 Å². The van der Waals surface area contributed by atoms with Crippen LogP contribution in [0.5, 0.6) is 0 Å². The fraction of sp³-hybridized carbons (Fsp3) is 0.900. The molecule has 218 valence electrons. The Labute approximate surface area is 225 Å². The molecule has 0 aliphatic carbocycles. The third-order valence-corrected chi connectivity index (χ3v) is 8.40. The van der Waals surface area contributed by atoms with Crippen molar-refractivity contribution >= 4 is 17.9 Å². The van der Waals surface area contributed by atoms with E-state index in [0.29, 0.717) is 12.8 Å². The molecule has 4 atom stereocenters. The minimum Gasteiger partial charge on any atom is -0.481 e. The minimum atomic E-state index is -2.34. The van der Waals surface area contributed by atoms with Crippen LogP contribution in [0.2, 0.25) is 0 Å². The second-order valence-corrected chi connectivity index (χ2v) is 11.1. The van der Waals surface area contributed by atoms with Crippen molar-refractivity contribution in [2.75, 3.05) is 6.61 Å². The molecule has 0 saturated heterocycles. The first kappa shape index (κ1) is 35.4. The van der Waals surface area contributed by atoms with Gasteiger partial charge in [-0.25, -0.2) is 4.79 Å². The number of rotatable bonds is 24. The molecule has 0 aromatic heterocycles. The first-order chi connectivity index (χ1) is 17.5. The molecule has 0 aromatic carbocycles. The molecule has 0 saturated carbocycles. The lowest BCUT2D eigenvalue weighted by Gasteiger charge is -2.47. The minimum absolute atomic E-state index is 0.0297. The van der Waals surface area contributed by atoms with Crippen molar-refractivity contribution in [2.24, 2.45) is 23.2 Å². The van der Waals surface area contributed by atoms with Gasteiger partial charge in [0.15, 0.2) is 5.60 Å². The van der Waals surface area contributed by atoms with Crippen LogP contribution in [-0.2, 0) is 19.1 Å². The molecule has 4 unspecified atom stereocenters. The summed E-state index contributed by atoms with van der Waals surface area (Å²) in [7, 11) is 0. The van der Waals surface area contributed by atoms with Gasteiger partial charge >= 0.3 is 17.9 Å². The van der Waals surface area contributed by atoms with E-state index in [0.717, 1.165) is 64.2 Å². The van der Waals surface area contributed by atoms with Crippen LogP contribution < -0.4 is 0 Å². The number of ether oxygens (including phenoxy) is 1. The predicted molar refractivity (Wildman–Crippen MR) is 148 cm³/mol. The fourth-order valence-corrected chi connectivity index (χ4v) is 5.70. The fourth-order valence-electron chi connectivity index (χ4n) is 5.70. The number of carboxylic acid groups (broad SMARTS) is 3. The van der Waals surface area contributed by atoms with E-state index in [2.05, 4.69) is 20.8 Å². The Kier molecular flexibility index (Phi) is 17.8. The van der Waals surface area contributed by atoms with Crippen molar-refractivity contribution in [3.05, 3.63) is 0 Å². The zero-order chi connectivity index (χ0) is 28.5. The normalized spacial score (nSPS) is 17.4. The molecule has 0 amide bonds. The lowest BCUT2D eigenvalue weighted by atomic mass is 9.59. The van der Waals surface area contributed by atoms with E-state index in [1.165, 1.54) is 0 Å². The van der Waals surface area contributed by atoms with Gasteiger partial charge in [-0.15, -0.1) is 0 Å². The van der Waals surface area contributed by atoms with E-state index < -0.39 is 35.3 Å². The quantitative estimate of drug-likeness (QED) is 0.117. The number of unbranched alkanes of at least 4 members (excludes halogenated alkanes) is 3. The van der Waals surface area contributed by atoms with Gasteiger partial charge in [-0.3, -0.25) is 9.59 Å². The molecular weight excluding hydrogens is 472 g/mol. The maximum absolute atomic E-state index is 13.4. The molecule has 0 aliphatic rings. The average Bonchev–Trinajstić information content (AvgIpc) is 2.86. The summed E-state index contributed by atoms with van der Waals surface area (Å²) in [6.45, 7) is 12.3. The number of hydrogen-bond acceptors (Lipinski definition) is 4. The predicted octanol–water partition coefficient (Wildman–Crippen LogP) is 7.80. The molecule has 0 aromatic rings. The highest BCUT2D eigenvalue weighted by molar-refractivity contribution is 5.92. The number of aliphatic carboxylic acids is 3. The van der Waals surface area contributed by atoms with E-state index in [9.17, 15) is 29.7 Å². The summed E-state index contributed by atoms with van der Waals surface area (Å²) in [5.74, 6) is -4.09. The molecule has 0 radical (unpaired) electrons. The van der Waals surface area contributed by atoms with Gasteiger partial charge in [0, 0.05) is 0 Å². The summed E-state index contributed by atoms with van der Waals surface area (Å²) in [5.41, 5.74) is -4.19. The lowest BCUT2D eigenvalue weighted by molar-refractivity contribution is -0.213. The van der Waals surface area contributed by atoms with E-state index >= 15 is 0 Å². The highest BCUT2D eigenvalue weighted by atomic mass is 16.5. The SMILES string of the molecule is CCCCC(CC)COC(CC(=O)O)(C(=O)O)C(CC(CC)CCCC)(CC(CC)CCCC)C(=O)O. The molecule has 3 N–H and O–H groups in total. The van der Waals surface area contributed by atoms with Gasteiger partial charge in [0.1, 0.15) is 5.41 Å². The van der Waals surface area contributed by atoms with Gasteiger partial charge in [0.2, 0.25) is 0 Å². The summed E-state index contributed by atoms with van der Waals surface area (Å²) < 4.78 is 6.22. The molecular formula is C30H56O7. The van der Waals surface area contributed by atoms with Crippen molar-refractivity contribution in [3.8, 4) is 0 Å². The first-order valence-electron chi connectivity index (χ1n) is 14.9. The number of carbonyl (C=O) groups is 3. The zero-order valence-corrected chi connectivity index (χ0v) is 24.5. The van der Waals surface area contributed by atoms with E-state index in [1.54, 1.807) is 0 Å². The Morgan fingerprint density at radius 1 is 0.649 bits per heavy atom. The Morgan fingerprint density at radius 2 is 1.05 bits per heavy atom. The number of hydrogen-bond donors (Lipinski definition) is 3. The van der Waals surface area contributed by atoms with Crippen molar-refractivity contribution in [1.82, 2.24) is 0 Å². The summed E-state index contributed by atoms with van der Waals surface area (Å²) in [6.07, 6.45) is 9.58. The summed E-state index contributed by atoms with van der Waals surface area (Å²) >= 11 is 0. The van der Waals surface area contributed by atoms with Crippen LogP contribution in [0.4, 0.5) is 0 Å². The Morgan fingerprint density at radius 3 is 1.35 bits per heavy atom. The van der Waals surface area contributed by atoms with Crippen molar-refractivity contribution < 1.29 is 34.4 Å². The molecule has 37 heavy (non-hydrogen) atoms. The molecule has 0 bridgehead atoms. The lowest BCUT2D eigenvalue weighted by Crippen LogP contribution is -2.62. The maximum Gasteiger partial charge on any atom is 0.337 e. The van der Waals surface area contributed by atoms with Crippen LogP contribution in [0.1, 0.15) is 138 Å². The summed E-state index contributed by atoms with van der Waals surface area (Å²) in [5, 5.41) is 31.5. The first-order valence-corrected chi connectivity index (χ1v) is 14.9. The maximum atomic E-state index is 13.4. The average molecular weight is 529 g/mol. The smallest absolute Gasteiger partial charge is 0.337 e. The third kappa shape index (κ3) is 10.6. The summed E-state index contributed by atoms with van der Waals surface area (Å²) in [6, 6.07) is 0. The molecule has 0 aliphatic heterocycles. The zero-order valence-electron chi connectivity index (χ0n) is 24.5. The molecule has 0 heterocycles. The summed E-state index contributed by atoms with van der Waals surface area (Å²) in [4.78, 5) is 38.7. The van der Waals surface area contributed by atoms with Crippen LogP contribution in [0, 0.1) is 23.2 Å². The second kappa shape index (κ2) is 18.6. The van der Waals surface area contributed by atoms with Gasteiger partial charge in [-0.05, 0) is 37.0 Å². The number of carboxylic acids is 3. The van der Waals surface area contributed by atoms with Crippen LogP contribution in [0.3, 0.4) is 0 Å². The third-order valence-electron chi connectivity index (χ3n) is 8.40. The van der Waals surface area contributed by atoms with E-state index in [4.69, 9.17) is 4.74 Å². The van der Waals surface area contributed by atoms with Crippen molar-refractivity contribution in [3.63, 3.8) is 0 Å². The standard InChI is InChI=1S/C30H56O7/c1-7-13-16-23(10-4)19-29(27(33)34,20-24(11-5)17-14-8-2)30(28(35)36,21-26(31)32)37-22-25(12-6)18-15-9-3/h23-25H,7-22H2,1-6H3,(H,31,32)(H,33,34)(H,35,36). The topological polar surface area (TPSA) is 121 Å². The Balaban J connectivity index is 6.96. The van der Waals surface area contributed by atoms with Gasteiger partial charge in [-0.2, -0.15) is 0 Å². The van der Waals surface area contributed by atoms with E-state index in [-0.39, 0.29) is 37.2 Å². The highest BCUT2D eigenvalue weighted by Crippen LogP contribution is 2.50. The van der Waals surface area contributed by atoms with Crippen molar-refractivity contribution in [2.45, 2.75) is 143 Å². The van der Waals surface area contributed by atoms with Crippen molar-refractivity contribution in [1.29, 1.82) is 0 Å². The van der Waals surface area contributed by atoms with Gasteiger partial charge in [-0.1, -0.05) is 112 Å². The molecule has 7 nitrogen and oxygen atoms in total. The van der Waals surface area contributed by atoms with Crippen LogP contribution in [-0.4, -0.2) is 45.4 Å².